The molecule has 21 heavy (non-hydrogen) atoms. The fraction of sp³-hybridized carbons (Fsp3) is 0.111. The van der Waals surface area contributed by atoms with Gasteiger partial charge in [-0.25, -0.2) is 0 Å². The van der Waals surface area contributed by atoms with Gasteiger partial charge in [-0.1, -0.05) is 72.8 Å². The van der Waals surface area contributed by atoms with Gasteiger partial charge in [0.1, 0.15) is 0 Å². The third kappa shape index (κ3) is 3.81. The molecule has 0 spiro atoms. The average Bonchev–Trinajstić information content (AvgIpc) is 2.54. The Morgan fingerprint density at radius 2 is 1.57 bits per heavy atom. The van der Waals surface area contributed by atoms with E-state index < -0.39 is 7.29 Å². The number of benzene rings is 2. The molecule has 108 valence electrons. The maximum absolute atomic E-state index is 13.3. The quantitative estimate of drug-likeness (QED) is 0.610. The molecule has 0 saturated heterocycles. The first-order chi connectivity index (χ1) is 10.2. The van der Waals surface area contributed by atoms with Crippen LogP contribution in [-0.2, 0) is 4.57 Å². The van der Waals surface area contributed by atoms with Gasteiger partial charge in [0.15, 0.2) is 7.29 Å². The van der Waals surface area contributed by atoms with Crippen molar-refractivity contribution < 1.29 is 4.57 Å². The average molecular weight is 297 g/mol. The number of nitrogens with one attached hydrogen (secondary N) is 1. The first kappa shape index (κ1) is 15.5. The van der Waals surface area contributed by atoms with Crippen molar-refractivity contribution in [3.8, 4) is 0 Å². The van der Waals surface area contributed by atoms with Crippen LogP contribution in [0.4, 0.5) is 0 Å². The zero-order valence-electron chi connectivity index (χ0n) is 12.0. The molecule has 2 unspecified atom stereocenters. The molecular formula is C18H20NOP. The van der Waals surface area contributed by atoms with E-state index in [-0.39, 0.29) is 6.04 Å². The van der Waals surface area contributed by atoms with Gasteiger partial charge < -0.3 is 4.57 Å². The minimum atomic E-state index is -2.75. The minimum absolute atomic E-state index is 0.155. The molecule has 0 saturated carbocycles. The minimum Gasteiger partial charge on any atom is -0.301 e. The first-order valence-electron chi connectivity index (χ1n) is 6.90. The van der Waals surface area contributed by atoms with E-state index in [2.05, 4.69) is 18.2 Å². The van der Waals surface area contributed by atoms with Gasteiger partial charge in [-0.15, -0.1) is 13.2 Å². The fourth-order valence-corrected chi connectivity index (χ4v) is 4.42. The summed E-state index contributed by atoms with van der Waals surface area (Å²) in [6, 6.07) is 19.3. The van der Waals surface area contributed by atoms with Crippen LogP contribution in [0.3, 0.4) is 0 Å². The summed E-state index contributed by atoms with van der Waals surface area (Å²) < 4.78 is 13.3. The maximum atomic E-state index is 13.3. The van der Waals surface area contributed by atoms with Gasteiger partial charge in [-0.3, -0.25) is 5.09 Å². The van der Waals surface area contributed by atoms with Crippen LogP contribution < -0.4 is 10.4 Å². The lowest BCUT2D eigenvalue weighted by atomic mass is 10.1. The van der Waals surface area contributed by atoms with Gasteiger partial charge in [-0.2, -0.15) is 0 Å². The lowest BCUT2D eigenvalue weighted by Crippen LogP contribution is -2.24. The third-order valence-electron chi connectivity index (χ3n) is 3.30. The summed E-state index contributed by atoms with van der Waals surface area (Å²) in [5.41, 5.74) is 1.05. The number of hydrogen-bond donors (Lipinski definition) is 1. The van der Waals surface area contributed by atoms with E-state index in [0.717, 1.165) is 10.9 Å². The van der Waals surface area contributed by atoms with E-state index in [1.807, 2.05) is 60.7 Å². The standard InChI is InChI=1S/C18H20NOP/c1-3-15-21(20,17-13-9-6-10-14-17)19-18(4-2)16-11-7-5-8-12-16/h3-14,18H,1-2,15H2,(H,19,20). The molecule has 0 aromatic heterocycles. The Morgan fingerprint density at radius 1 is 1.00 bits per heavy atom. The molecule has 0 aliphatic carbocycles. The van der Waals surface area contributed by atoms with Crippen LogP contribution in [-0.4, -0.2) is 6.16 Å². The van der Waals surface area contributed by atoms with Gasteiger partial charge in [0.05, 0.1) is 6.04 Å². The van der Waals surface area contributed by atoms with E-state index in [1.165, 1.54) is 0 Å². The highest BCUT2D eigenvalue weighted by Gasteiger charge is 2.25. The normalized spacial score (nSPS) is 14.9. The van der Waals surface area contributed by atoms with Crippen molar-refractivity contribution in [2.24, 2.45) is 0 Å². The second-order valence-corrected chi connectivity index (χ2v) is 7.42. The third-order valence-corrected chi connectivity index (χ3v) is 5.90. The molecule has 2 atom stereocenters. The molecule has 2 aromatic rings. The van der Waals surface area contributed by atoms with Crippen LogP contribution in [0.2, 0.25) is 0 Å². The van der Waals surface area contributed by atoms with E-state index in [9.17, 15) is 4.57 Å². The highest BCUT2D eigenvalue weighted by Crippen LogP contribution is 2.42. The van der Waals surface area contributed by atoms with Gasteiger partial charge in [0, 0.05) is 11.5 Å². The van der Waals surface area contributed by atoms with E-state index >= 15 is 0 Å². The summed E-state index contributed by atoms with van der Waals surface area (Å²) in [6.45, 7) is 7.60. The molecule has 0 amide bonds. The van der Waals surface area contributed by atoms with Gasteiger partial charge in [-0.05, 0) is 5.56 Å². The Morgan fingerprint density at radius 3 is 2.10 bits per heavy atom. The lowest BCUT2D eigenvalue weighted by Gasteiger charge is -2.24. The number of hydrogen-bond acceptors (Lipinski definition) is 1. The predicted molar refractivity (Wildman–Crippen MR) is 91.3 cm³/mol. The Balaban J connectivity index is 2.33. The van der Waals surface area contributed by atoms with Crippen LogP contribution in [0.5, 0.6) is 0 Å². The Kier molecular flexibility index (Phi) is 5.32. The zero-order chi connectivity index (χ0) is 15.1. The number of rotatable bonds is 7. The molecule has 0 radical (unpaired) electrons. The van der Waals surface area contributed by atoms with E-state index in [0.29, 0.717) is 6.16 Å². The van der Waals surface area contributed by atoms with Gasteiger partial charge in [0.2, 0.25) is 0 Å². The molecule has 3 heteroatoms. The summed E-state index contributed by atoms with van der Waals surface area (Å²) in [5, 5.41) is 4.09. The van der Waals surface area contributed by atoms with Crippen LogP contribution in [0.1, 0.15) is 11.6 Å². The summed E-state index contributed by atoms with van der Waals surface area (Å²) >= 11 is 0. The second-order valence-electron chi connectivity index (χ2n) is 4.80. The SMILES string of the molecule is C=CCP(=O)(NC(C=C)c1ccccc1)c1ccccc1. The topological polar surface area (TPSA) is 29.1 Å². The summed E-state index contributed by atoms with van der Waals surface area (Å²) in [6.07, 6.45) is 3.90. The van der Waals surface area contributed by atoms with Crippen LogP contribution in [0.25, 0.3) is 0 Å². The molecule has 0 heterocycles. The van der Waals surface area contributed by atoms with Crippen molar-refractivity contribution in [1.82, 2.24) is 5.09 Å². The van der Waals surface area contributed by atoms with Crippen LogP contribution in [0, 0.1) is 0 Å². The molecule has 0 aliphatic heterocycles. The second kappa shape index (κ2) is 7.21. The molecule has 2 aromatic carbocycles. The highest BCUT2D eigenvalue weighted by atomic mass is 31.2. The van der Waals surface area contributed by atoms with Crippen LogP contribution >= 0.6 is 7.29 Å². The van der Waals surface area contributed by atoms with Crippen molar-refractivity contribution in [2.45, 2.75) is 6.04 Å². The Labute approximate surface area is 126 Å². The highest BCUT2D eigenvalue weighted by molar-refractivity contribution is 7.69. The summed E-state index contributed by atoms with van der Waals surface area (Å²) in [5.74, 6) is 0. The molecule has 0 aliphatic rings. The molecule has 0 bridgehead atoms. The fourth-order valence-electron chi connectivity index (χ4n) is 2.23. The molecule has 1 N–H and O–H groups in total. The zero-order valence-corrected chi connectivity index (χ0v) is 12.9. The van der Waals surface area contributed by atoms with Crippen molar-refractivity contribution in [1.29, 1.82) is 0 Å². The Bertz CT molecular complexity index is 637. The smallest absolute Gasteiger partial charge is 0.180 e. The van der Waals surface area contributed by atoms with Crippen LogP contribution in [0.15, 0.2) is 86.0 Å². The van der Waals surface area contributed by atoms with Gasteiger partial charge in [0.25, 0.3) is 0 Å². The van der Waals surface area contributed by atoms with Crippen molar-refractivity contribution in [3.05, 3.63) is 91.5 Å². The number of allylic oxidation sites excluding steroid dienone is 1. The first-order valence-corrected chi connectivity index (χ1v) is 8.79. The molecule has 0 fully saturated rings. The monoisotopic (exact) mass is 297 g/mol. The van der Waals surface area contributed by atoms with Crippen molar-refractivity contribution in [3.63, 3.8) is 0 Å². The lowest BCUT2D eigenvalue weighted by molar-refractivity contribution is 0.568. The molecule has 2 rings (SSSR count). The van der Waals surface area contributed by atoms with E-state index in [1.54, 1.807) is 12.2 Å². The van der Waals surface area contributed by atoms with E-state index in [4.69, 9.17) is 0 Å². The summed E-state index contributed by atoms with van der Waals surface area (Å²) in [7, 11) is -2.75. The van der Waals surface area contributed by atoms with Crippen molar-refractivity contribution >= 4 is 12.6 Å². The predicted octanol–water partition coefficient (Wildman–Crippen LogP) is 4.29. The molecular weight excluding hydrogens is 277 g/mol. The summed E-state index contributed by atoms with van der Waals surface area (Å²) in [4.78, 5) is 0. The largest absolute Gasteiger partial charge is 0.301 e. The van der Waals surface area contributed by atoms with Gasteiger partial charge >= 0.3 is 0 Å². The Hall–Kier alpha value is -1.89. The van der Waals surface area contributed by atoms with Crippen molar-refractivity contribution in [2.75, 3.05) is 6.16 Å². The molecule has 2 nitrogen and oxygen atoms in total. The maximum Gasteiger partial charge on any atom is 0.180 e.